The molecule has 0 aromatic carbocycles. The molecule has 1 fully saturated rings. The van der Waals surface area contributed by atoms with Crippen molar-refractivity contribution in [2.24, 2.45) is 0 Å². The Morgan fingerprint density at radius 2 is 1.91 bits per heavy atom. The highest BCUT2D eigenvalue weighted by molar-refractivity contribution is 7.59. The molecule has 0 radical (unpaired) electrons. The number of Topliss-reactive ketones (excluding diaryl/α,β-unsaturated/α-hetero) is 1. The predicted octanol–water partition coefficient (Wildman–Crippen LogP) is 2.48. The van der Waals surface area contributed by atoms with Gasteiger partial charge in [-0.1, -0.05) is 0 Å². The average Bonchev–Trinajstić information content (AvgIpc) is 2.62. The Labute approximate surface area is 131 Å². The first-order chi connectivity index (χ1) is 9.79. The van der Waals surface area contributed by atoms with Gasteiger partial charge in [0.1, 0.15) is 17.4 Å². The third-order valence-corrected chi connectivity index (χ3v) is 4.94. The van der Waals surface area contributed by atoms with Crippen molar-refractivity contribution in [3.63, 3.8) is 0 Å². The van der Waals surface area contributed by atoms with Crippen LogP contribution in [0.5, 0.6) is 0 Å². The Balaban J connectivity index is 2.97. The van der Waals surface area contributed by atoms with Crippen LogP contribution in [0.15, 0.2) is 0 Å². The maximum atomic E-state index is 12.4. The van der Waals surface area contributed by atoms with Crippen molar-refractivity contribution < 1.29 is 28.2 Å². The zero-order valence-electron chi connectivity index (χ0n) is 14.3. The zero-order valence-corrected chi connectivity index (χ0v) is 15.2. The summed E-state index contributed by atoms with van der Waals surface area (Å²) in [5, 5.41) is 0. The predicted molar refractivity (Wildman–Crippen MR) is 82.3 cm³/mol. The summed E-state index contributed by atoms with van der Waals surface area (Å²) in [4.78, 5) is 26.1. The standard InChI is InChI=1S/C14H26NO6P/c1-13(2,3)21-12(17)15-10(8-20-14(15,4)5)11(16)9-22(7,18)19-6/h10H,8-9H2,1-7H3/t10-,22?/m0/s1. The highest BCUT2D eigenvalue weighted by Gasteiger charge is 2.49. The third-order valence-electron chi connectivity index (χ3n) is 3.28. The molecule has 22 heavy (non-hydrogen) atoms. The van der Waals surface area contributed by atoms with E-state index in [1.807, 2.05) is 0 Å². The number of hydrogen-bond donors (Lipinski definition) is 0. The molecule has 1 amide bonds. The Hall–Kier alpha value is -0.910. The minimum absolute atomic E-state index is 0.0504. The topological polar surface area (TPSA) is 82.1 Å². The van der Waals surface area contributed by atoms with Crippen molar-refractivity contribution in [3.05, 3.63) is 0 Å². The van der Waals surface area contributed by atoms with E-state index in [0.717, 1.165) is 0 Å². The first kappa shape index (κ1) is 19.1. The molecular weight excluding hydrogens is 309 g/mol. The van der Waals surface area contributed by atoms with E-state index >= 15 is 0 Å². The fourth-order valence-corrected chi connectivity index (χ4v) is 3.06. The lowest BCUT2D eigenvalue weighted by Gasteiger charge is -2.34. The van der Waals surface area contributed by atoms with Crippen LogP contribution in [0.2, 0.25) is 0 Å². The maximum Gasteiger partial charge on any atom is 0.413 e. The van der Waals surface area contributed by atoms with Crippen molar-refractivity contribution in [2.75, 3.05) is 26.5 Å². The molecule has 1 aliphatic heterocycles. The van der Waals surface area contributed by atoms with Crippen LogP contribution in [0.4, 0.5) is 4.79 Å². The van der Waals surface area contributed by atoms with Crippen LogP contribution in [0.3, 0.4) is 0 Å². The molecule has 0 bridgehead atoms. The summed E-state index contributed by atoms with van der Waals surface area (Å²) in [6, 6.07) is -0.826. The number of amides is 1. The lowest BCUT2D eigenvalue weighted by molar-refractivity contribution is -0.122. The zero-order chi connectivity index (χ0) is 17.3. The SMILES string of the molecule is COP(C)(=O)CC(=O)[C@@H]1COC(C)(C)N1C(=O)OC(C)(C)C. The molecule has 1 heterocycles. The van der Waals surface area contributed by atoms with Crippen LogP contribution < -0.4 is 0 Å². The first-order valence-corrected chi connectivity index (χ1v) is 9.36. The van der Waals surface area contributed by atoms with Crippen molar-refractivity contribution in [3.8, 4) is 0 Å². The fourth-order valence-electron chi connectivity index (χ4n) is 2.15. The average molecular weight is 335 g/mol. The van der Waals surface area contributed by atoms with Crippen LogP contribution in [-0.4, -0.2) is 60.7 Å². The maximum absolute atomic E-state index is 12.4. The Kier molecular flexibility index (Phi) is 5.48. The van der Waals surface area contributed by atoms with Gasteiger partial charge in [0.25, 0.3) is 0 Å². The second kappa shape index (κ2) is 6.30. The minimum Gasteiger partial charge on any atom is -0.444 e. The smallest absolute Gasteiger partial charge is 0.413 e. The molecule has 1 rings (SSSR count). The normalized spacial score (nSPS) is 24.0. The van der Waals surface area contributed by atoms with E-state index in [4.69, 9.17) is 14.0 Å². The minimum atomic E-state index is -3.01. The van der Waals surface area contributed by atoms with E-state index in [-0.39, 0.29) is 18.6 Å². The molecule has 0 N–H and O–H groups in total. The van der Waals surface area contributed by atoms with Gasteiger partial charge in [-0.25, -0.2) is 4.79 Å². The molecular formula is C14H26NO6P. The molecule has 2 atom stereocenters. The van der Waals surface area contributed by atoms with E-state index < -0.39 is 30.8 Å². The van der Waals surface area contributed by atoms with Crippen LogP contribution in [0.1, 0.15) is 34.6 Å². The number of nitrogens with zero attached hydrogens (tertiary/aromatic N) is 1. The monoisotopic (exact) mass is 335 g/mol. The number of carbonyl (C=O) groups excluding carboxylic acids is 2. The number of ketones is 1. The summed E-state index contributed by atoms with van der Waals surface area (Å²) in [5.41, 5.74) is -1.65. The molecule has 7 nitrogen and oxygen atoms in total. The van der Waals surface area contributed by atoms with E-state index in [9.17, 15) is 14.2 Å². The van der Waals surface area contributed by atoms with Gasteiger partial charge in [0.2, 0.25) is 7.37 Å². The molecule has 8 heteroatoms. The van der Waals surface area contributed by atoms with E-state index in [1.54, 1.807) is 34.6 Å². The largest absolute Gasteiger partial charge is 0.444 e. The van der Waals surface area contributed by atoms with Gasteiger partial charge in [-0.2, -0.15) is 0 Å². The van der Waals surface area contributed by atoms with Crippen LogP contribution >= 0.6 is 7.37 Å². The van der Waals surface area contributed by atoms with Gasteiger partial charge < -0.3 is 14.0 Å². The molecule has 1 unspecified atom stereocenters. The van der Waals surface area contributed by atoms with Gasteiger partial charge in [-0.3, -0.25) is 14.3 Å². The van der Waals surface area contributed by atoms with Gasteiger partial charge in [0.15, 0.2) is 5.78 Å². The van der Waals surface area contributed by atoms with Crippen molar-refractivity contribution in [1.29, 1.82) is 0 Å². The van der Waals surface area contributed by atoms with Crippen molar-refractivity contribution in [1.82, 2.24) is 4.90 Å². The van der Waals surface area contributed by atoms with E-state index in [0.29, 0.717) is 0 Å². The second-order valence-corrected chi connectivity index (χ2v) is 9.65. The van der Waals surface area contributed by atoms with Crippen molar-refractivity contribution in [2.45, 2.75) is 52.0 Å². The lowest BCUT2D eigenvalue weighted by atomic mass is 10.1. The van der Waals surface area contributed by atoms with Crippen LogP contribution in [-0.2, 0) is 23.4 Å². The molecule has 0 aromatic rings. The van der Waals surface area contributed by atoms with Gasteiger partial charge in [0.05, 0.1) is 12.8 Å². The summed E-state index contributed by atoms with van der Waals surface area (Å²) in [5.74, 6) is -0.357. The Bertz CT molecular complexity index is 496. The first-order valence-electron chi connectivity index (χ1n) is 7.10. The molecule has 0 saturated carbocycles. The van der Waals surface area contributed by atoms with E-state index in [2.05, 4.69) is 0 Å². The highest BCUT2D eigenvalue weighted by Crippen LogP contribution is 2.42. The summed E-state index contributed by atoms with van der Waals surface area (Å²) in [6.07, 6.45) is -0.871. The number of hydrogen-bond acceptors (Lipinski definition) is 6. The quantitative estimate of drug-likeness (QED) is 0.734. The van der Waals surface area contributed by atoms with Crippen LogP contribution in [0.25, 0.3) is 0 Å². The van der Waals surface area contributed by atoms with Crippen molar-refractivity contribution >= 4 is 19.2 Å². The van der Waals surface area contributed by atoms with E-state index in [1.165, 1.54) is 18.7 Å². The van der Waals surface area contributed by atoms with Gasteiger partial charge in [0, 0.05) is 13.8 Å². The molecule has 128 valence electrons. The number of ether oxygens (including phenoxy) is 2. The molecule has 1 aliphatic rings. The fraction of sp³-hybridized carbons (Fsp3) is 0.857. The summed E-state index contributed by atoms with van der Waals surface area (Å²) in [7, 11) is -1.71. The highest BCUT2D eigenvalue weighted by atomic mass is 31.2. The number of carbonyl (C=O) groups is 2. The molecule has 0 aliphatic carbocycles. The van der Waals surface area contributed by atoms with Gasteiger partial charge in [-0.05, 0) is 34.6 Å². The molecule has 1 saturated heterocycles. The second-order valence-electron chi connectivity index (χ2n) is 6.95. The molecule has 0 aromatic heterocycles. The number of rotatable bonds is 4. The Morgan fingerprint density at radius 1 is 1.36 bits per heavy atom. The van der Waals surface area contributed by atoms with Gasteiger partial charge in [-0.15, -0.1) is 0 Å². The lowest BCUT2D eigenvalue weighted by Crippen LogP contribution is -2.52. The van der Waals surface area contributed by atoms with Gasteiger partial charge >= 0.3 is 6.09 Å². The third kappa shape index (κ3) is 4.80. The summed E-state index contributed by atoms with van der Waals surface area (Å²) < 4.78 is 27.7. The summed E-state index contributed by atoms with van der Waals surface area (Å²) in [6.45, 7) is 10.1. The summed E-state index contributed by atoms with van der Waals surface area (Å²) >= 11 is 0. The Morgan fingerprint density at radius 3 is 2.36 bits per heavy atom. The molecule has 0 spiro atoms. The van der Waals surface area contributed by atoms with Crippen LogP contribution in [0, 0.1) is 0 Å².